The summed E-state index contributed by atoms with van der Waals surface area (Å²) in [5.74, 6) is -0.416. The first-order valence-corrected chi connectivity index (χ1v) is 9.50. The minimum Gasteiger partial charge on any atom is -0.383 e. The van der Waals surface area contributed by atoms with Crippen molar-refractivity contribution in [3.8, 4) is 0 Å². The smallest absolute Gasteiger partial charge is 0.330 e. The maximum Gasteiger partial charge on any atom is 0.330 e. The van der Waals surface area contributed by atoms with E-state index in [1.807, 2.05) is 27.7 Å². The Bertz CT molecular complexity index is 814. The number of nitrogen functional groups attached to an aromatic ring is 1. The van der Waals surface area contributed by atoms with Crippen LogP contribution in [0.3, 0.4) is 0 Å². The lowest BCUT2D eigenvalue weighted by Gasteiger charge is -2.27. The minimum absolute atomic E-state index is 0.00885. The number of imide groups is 1. The summed E-state index contributed by atoms with van der Waals surface area (Å²) >= 11 is 0. The Labute approximate surface area is 169 Å². The Hall–Kier alpha value is -2.82. The van der Waals surface area contributed by atoms with E-state index in [4.69, 9.17) is 10.5 Å². The van der Waals surface area contributed by atoms with Crippen molar-refractivity contribution in [3.05, 3.63) is 20.8 Å². The third-order valence-corrected chi connectivity index (χ3v) is 3.84. The fraction of sp³-hybridized carbons (Fsp3) is 0.667. The summed E-state index contributed by atoms with van der Waals surface area (Å²) in [6, 6.07) is -0.664. The van der Waals surface area contributed by atoms with Crippen molar-refractivity contribution in [1.82, 2.24) is 20.2 Å². The van der Waals surface area contributed by atoms with Crippen LogP contribution >= 0.6 is 0 Å². The predicted octanol–water partition coefficient (Wildman–Crippen LogP) is -0.291. The van der Waals surface area contributed by atoms with Crippen molar-refractivity contribution in [2.75, 3.05) is 44.0 Å². The molecule has 1 rings (SSSR count). The van der Waals surface area contributed by atoms with Gasteiger partial charge in [0.1, 0.15) is 11.5 Å². The molecule has 1 aromatic heterocycles. The number of carbonyl (C=O) groups is 2. The number of H-pyrrole nitrogens is 1. The van der Waals surface area contributed by atoms with Crippen LogP contribution < -0.4 is 32.5 Å². The van der Waals surface area contributed by atoms with Crippen LogP contribution in [-0.2, 0) is 16.1 Å². The van der Waals surface area contributed by atoms with Crippen LogP contribution in [0, 0.1) is 11.8 Å². The van der Waals surface area contributed by atoms with E-state index >= 15 is 0 Å². The highest BCUT2D eigenvalue weighted by Crippen LogP contribution is 2.18. The molecule has 0 fully saturated rings. The van der Waals surface area contributed by atoms with Crippen LogP contribution in [0.15, 0.2) is 9.59 Å². The summed E-state index contributed by atoms with van der Waals surface area (Å²) in [5.41, 5.74) is 4.90. The van der Waals surface area contributed by atoms with Gasteiger partial charge in [0.15, 0.2) is 0 Å². The van der Waals surface area contributed by atoms with Gasteiger partial charge in [-0.15, -0.1) is 0 Å². The number of rotatable bonds is 10. The normalized spacial score (nSPS) is 11.0. The Kier molecular flexibility index (Phi) is 9.39. The van der Waals surface area contributed by atoms with Crippen molar-refractivity contribution < 1.29 is 14.3 Å². The summed E-state index contributed by atoms with van der Waals surface area (Å²) in [5, 5.41) is 4.68. The van der Waals surface area contributed by atoms with Crippen LogP contribution in [0.2, 0.25) is 0 Å². The van der Waals surface area contributed by atoms with Gasteiger partial charge >= 0.3 is 11.7 Å². The molecule has 1 heterocycles. The Balaban J connectivity index is 3.13. The summed E-state index contributed by atoms with van der Waals surface area (Å²) < 4.78 is 6.10. The molecular weight excluding hydrogens is 380 g/mol. The van der Waals surface area contributed by atoms with Gasteiger partial charge in [-0.3, -0.25) is 24.5 Å². The molecule has 0 atom stereocenters. The van der Waals surface area contributed by atoms with Crippen LogP contribution in [0.25, 0.3) is 0 Å². The summed E-state index contributed by atoms with van der Waals surface area (Å²) in [6.07, 6.45) is 0. The molecule has 0 aliphatic heterocycles. The van der Waals surface area contributed by atoms with Gasteiger partial charge in [0.25, 0.3) is 5.56 Å². The number of nitrogens with two attached hydrogens (primary N) is 1. The fourth-order valence-corrected chi connectivity index (χ4v) is 2.76. The maximum absolute atomic E-state index is 12.5. The first-order chi connectivity index (χ1) is 13.6. The third kappa shape index (κ3) is 7.60. The monoisotopic (exact) mass is 412 g/mol. The number of aromatic amines is 1. The zero-order valence-electron chi connectivity index (χ0n) is 17.7. The molecule has 29 heavy (non-hydrogen) atoms. The third-order valence-electron chi connectivity index (χ3n) is 3.84. The second-order valence-corrected chi connectivity index (χ2v) is 7.57. The lowest BCUT2D eigenvalue weighted by molar-refractivity contribution is -0.118. The van der Waals surface area contributed by atoms with Crippen LogP contribution in [0.4, 0.5) is 16.3 Å². The molecule has 0 unspecified atom stereocenters. The lowest BCUT2D eigenvalue weighted by Crippen LogP contribution is -2.48. The average molecular weight is 412 g/mol. The average Bonchev–Trinajstić information content (AvgIpc) is 2.57. The van der Waals surface area contributed by atoms with E-state index < -0.39 is 23.2 Å². The Morgan fingerprint density at radius 3 is 2.41 bits per heavy atom. The molecule has 0 spiro atoms. The van der Waals surface area contributed by atoms with Crippen molar-refractivity contribution >= 4 is 23.4 Å². The van der Waals surface area contributed by atoms with Gasteiger partial charge in [0.05, 0.1) is 13.2 Å². The SMILES string of the molecule is COCCNC(=O)NC(=O)CN(CC(C)C)c1c(N)n(CC(C)C)c(=O)[nH]c1=O. The van der Waals surface area contributed by atoms with Gasteiger partial charge in [0, 0.05) is 26.7 Å². The number of hydrogen-bond donors (Lipinski definition) is 4. The highest BCUT2D eigenvalue weighted by atomic mass is 16.5. The number of nitrogens with zero attached hydrogens (tertiary/aromatic N) is 2. The molecule has 0 saturated heterocycles. The fourth-order valence-electron chi connectivity index (χ4n) is 2.76. The van der Waals surface area contributed by atoms with Gasteiger partial charge < -0.3 is 20.7 Å². The molecule has 5 N–H and O–H groups in total. The number of ether oxygens (including phenoxy) is 1. The molecule has 0 saturated carbocycles. The van der Waals surface area contributed by atoms with E-state index in [-0.39, 0.29) is 36.4 Å². The van der Waals surface area contributed by atoms with E-state index in [0.717, 1.165) is 0 Å². The van der Waals surface area contributed by atoms with Gasteiger partial charge in [-0.25, -0.2) is 9.59 Å². The molecule has 1 aromatic rings. The maximum atomic E-state index is 12.5. The van der Waals surface area contributed by atoms with Crippen molar-refractivity contribution in [3.63, 3.8) is 0 Å². The molecule has 3 amide bonds. The standard InChI is InChI=1S/C18H32N6O5/c1-11(2)8-23(10-13(25)21-17(27)20-6-7-29-5)14-15(19)24(9-12(3)4)18(28)22-16(14)26/h11-12H,6-10,19H2,1-5H3,(H,22,26,28)(H2,20,21,25,27). The molecular formula is C18H32N6O5. The molecule has 0 radical (unpaired) electrons. The molecule has 11 nitrogen and oxygen atoms in total. The predicted molar refractivity (Wildman–Crippen MR) is 111 cm³/mol. The Morgan fingerprint density at radius 1 is 1.21 bits per heavy atom. The van der Waals surface area contributed by atoms with E-state index in [9.17, 15) is 19.2 Å². The highest BCUT2D eigenvalue weighted by Gasteiger charge is 2.23. The molecule has 0 bridgehead atoms. The van der Waals surface area contributed by atoms with Gasteiger partial charge in [-0.05, 0) is 11.8 Å². The van der Waals surface area contributed by atoms with E-state index in [1.165, 1.54) is 16.6 Å². The van der Waals surface area contributed by atoms with E-state index in [2.05, 4.69) is 15.6 Å². The van der Waals surface area contributed by atoms with E-state index in [0.29, 0.717) is 19.7 Å². The summed E-state index contributed by atoms with van der Waals surface area (Å²) in [4.78, 5) is 52.5. The quantitative estimate of drug-likeness (QED) is 0.385. The van der Waals surface area contributed by atoms with Gasteiger partial charge in [-0.1, -0.05) is 27.7 Å². The number of urea groups is 1. The lowest BCUT2D eigenvalue weighted by atomic mass is 10.2. The Morgan fingerprint density at radius 2 is 1.86 bits per heavy atom. The van der Waals surface area contributed by atoms with Crippen molar-refractivity contribution in [2.24, 2.45) is 11.8 Å². The molecule has 0 aliphatic carbocycles. The second-order valence-electron chi connectivity index (χ2n) is 7.57. The number of methoxy groups -OCH3 is 1. The highest BCUT2D eigenvalue weighted by molar-refractivity contribution is 5.96. The van der Waals surface area contributed by atoms with Crippen molar-refractivity contribution in [1.29, 1.82) is 0 Å². The number of aromatic nitrogens is 2. The zero-order chi connectivity index (χ0) is 22.1. The number of hydrogen-bond acceptors (Lipinski definition) is 7. The van der Waals surface area contributed by atoms with Crippen LogP contribution in [-0.4, -0.2) is 54.8 Å². The zero-order valence-corrected chi connectivity index (χ0v) is 17.7. The molecule has 0 aromatic carbocycles. The van der Waals surface area contributed by atoms with E-state index in [1.54, 1.807) is 0 Å². The number of anilines is 2. The van der Waals surface area contributed by atoms with Crippen molar-refractivity contribution in [2.45, 2.75) is 34.2 Å². The molecule has 11 heteroatoms. The number of amides is 3. The molecule has 164 valence electrons. The first-order valence-electron chi connectivity index (χ1n) is 9.50. The van der Waals surface area contributed by atoms with Gasteiger partial charge in [0.2, 0.25) is 5.91 Å². The first kappa shape index (κ1) is 24.2. The largest absolute Gasteiger partial charge is 0.383 e. The number of carbonyl (C=O) groups excluding carboxylic acids is 2. The number of nitrogens with one attached hydrogen (secondary N) is 3. The summed E-state index contributed by atoms with van der Waals surface area (Å²) in [7, 11) is 1.50. The minimum atomic E-state index is -0.675. The van der Waals surface area contributed by atoms with Gasteiger partial charge in [-0.2, -0.15) is 0 Å². The summed E-state index contributed by atoms with van der Waals surface area (Å²) in [6.45, 7) is 8.58. The van der Waals surface area contributed by atoms with Crippen LogP contribution in [0.1, 0.15) is 27.7 Å². The molecule has 0 aliphatic rings. The topological polar surface area (TPSA) is 152 Å². The van der Waals surface area contributed by atoms with Crippen LogP contribution in [0.5, 0.6) is 0 Å². The second kappa shape index (κ2) is 11.2.